The number of hydrogen-bond acceptors (Lipinski definition) is 2. The highest BCUT2D eigenvalue weighted by atomic mass is 127. The lowest BCUT2D eigenvalue weighted by molar-refractivity contribution is -0.469. The van der Waals surface area contributed by atoms with Crippen molar-refractivity contribution in [2.75, 3.05) is 0 Å². The SMILES string of the molecule is O=C(O)C=[N+]([O-])Cc1ccc(I)cc1. The first-order valence-electron chi connectivity index (χ1n) is 3.84. The molecule has 0 atom stereocenters. The zero-order valence-electron chi connectivity index (χ0n) is 7.18. The van der Waals surface area contributed by atoms with Crippen molar-refractivity contribution in [3.05, 3.63) is 38.6 Å². The van der Waals surface area contributed by atoms with Gasteiger partial charge in [0, 0.05) is 9.13 Å². The summed E-state index contributed by atoms with van der Waals surface area (Å²) in [4.78, 5) is 10.2. The molecular formula is C9H8INO3. The Morgan fingerprint density at radius 1 is 1.50 bits per heavy atom. The minimum Gasteiger partial charge on any atom is -0.623 e. The lowest BCUT2D eigenvalue weighted by atomic mass is 10.2. The molecular weight excluding hydrogens is 297 g/mol. The van der Waals surface area contributed by atoms with E-state index in [1.165, 1.54) is 0 Å². The van der Waals surface area contributed by atoms with Crippen LogP contribution in [-0.2, 0) is 11.3 Å². The summed E-state index contributed by atoms with van der Waals surface area (Å²) >= 11 is 2.16. The van der Waals surface area contributed by atoms with Crippen LogP contribution in [-0.4, -0.2) is 22.0 Å². The molecule has 0 fully saturated rings. The lowest BCUT2D eigenvalue weighted by Crippen LogP contribution is -2.11. The molecule has 5 heteroatoms. The van der Waals surface area contributed by atoms with Crippen LogP contribution in [0.1, 0.15) is 5.56 Å². The third-order valence-electron chi connectivity index (χ3n) is 1.51. The highest BCUT2D eigenvalue weighted by molar-refractivity contribution is 14.1. The number of rotatable bonds is 3. The van der Waals surface area contributed by atoms with E-state index < -0.39 is 5.97 Å². The van der Waals surface area contributed by atoms with Crippen LogP contribution in [0.25, 0.3) is 0 Å². The average Bonchev–Trinajstić information content (AvgIpc) is 2.07. The molecule has 0 amide bonds. The second kappa shape index (κ2) is 4.94. The third-order valence-corrected chi connectivity index (χ3v) is 2.23. The molecule has 14 heavy (non-hydrogen) atoms. The Labute approximate surface area is 94.6 Å². The van der Waals surface area contributed by atoms with Crippen LogP contribution in [0, 0.1) is 8.78 Å². The number of aliphatic carboxylic acids is 1. The monoisotopic (exact) mass is 305 g/mol. The van der Waals surface area contributed by atoms with Gasteiger partial charge < -0.3 is 10.3 Å². The number of benzene rings is 1. The molecule has 0 saturated carbocycles. The molecule has 0 unspecified atom stereocenters. The summed E-state index contributed by atoms with van der Waals surface area (Å²) in [6.07, 6.45) is 0.609. The van der Waals surface area contributed by atoms with E-state index in [1.54, 1.807) is 12.1 Å². The fraction of sp³-hybridized carbons (Fsp3) is 0.111. The number of hydroxylamine groups is 1. The van der Waals surface area contributed by atoms with Crippen molar-refractivity contribution in [1.82, 2.24) is 0 Å². The van der Waals surface area contributed by atoms with Gasteiger partial charge in [-0.3, -0.25) is 0 Å². The van der Waals surface area contributed by atoms with Gasteiger partial charge in [-0.2, -0.15) is 0 Å². The Hall–Kier alpha value is -1.11. The summed E-state index contributed by atoms with van der Waals surface area (Å²) < 4.78 is 1.47. The first-order chi connectivity index (χ1) is 6.58. The van der Waals surface area contributed by atoms with Gasteiger partial charge in [0.25, 0.3) is 6.21 Å². The molecule has 0 aliphatic carbocycles. The summed E-state index contributed by atoms with van der Waals surface area (Å²) in [6, 6.07) is 7.32. The fourth-order valence-corrected chi connectivity index (χ4v) is 1.30. The number of nitrogens with zero attached hydrogens (tertiary/aromatic N) is 1. The normalized spacial score (nSPS) is 11.4. The molecule has 0 heterocycles. The predicted molar refractivity (Wildman–Crippen MR) is 60.2 cm³/mol. The van der Waals surface area contributed by atoms with E-state index in [9.17, 15) is 10.0 Å². The van der Waals surface area contributed by atoms with E-state index in [4.69, 9.17) is 5.11 Å². The highest BCUT2D eigenvalue weighted by Crippen LogP contribution is 2.07. The van der Waals surface area contributed by atoms with Crippen LogP contribution in [0.2, 0.25) is 0 Å². The number of carboxylic acids is 1. The zero-order chi connectivity index (χ0) is 10.6. The van der Waals surface area contributed by atoms with Crippen molar-refractivity contribution in [2.45, 2.75) is 6.54 Å². The molecule has 1 rings (SSSR count). The number of carboxylic acid groups (broad SMARTS) is 1. The van der Waals surface area contributed by atoms with Crippen LogP contribution in [0.4, 0.5) is 0 Å². The summed E-state index contributed by atoms with van der Waals surface area (Å²) in [5.41, 5.74) is 0.790. The zero-order valence-corrected chi connectivity index (χ0v) is 9.34. The van der Waals surface area contributed by atoms with Crippen molar-refractivity contribution in [2.24, 2.45) is 0 Å². The Morgan fingerprint density at radius 3 is 2.57 bits per heavy atom. The molecule has 1 aromatic rings. The summed E-state index contributed by atoms with van der Waals surface area (Å²) in [5, 5.41) is 19.3. The molecule has 0 aromatic heterocycles. The van der Waals surface area contributed by atoms with Crippen molar-refractivity contribution in [3.8, 4) is 0 Å². The van der Waals surface area contributed by atoms with Crippen LogP contribution in [0.3, 0.4) is 0 Å². The lowest BCUT2D eigenvalue weighted by Gasteiger charge is -2.02. The minimum absolute atomic E-state index is 0.0587. The van der Waals surface area contributed by atoms with Crippen LogP contribution in [0.15, 0.2) is 24.3 Å². The van der Waals surface area contributed by atoms with Gasteiger partial charge in [0.15, 0.2) is 6.54 Å². The van der Waals surface area contributed by atoms with Gasteiger partial charge in [0.2, 0.25) is 0 Å². The van der Waals surface area contributed by atoms with Gasteiger partial charge in [-0.05, 0) is 34.7 Å². The van der Waals surface area contributed by atoms with E-state index in [1.807, 2.05) is 12.1 Å². The summed E-state index contributed by atoms with van der Waals surface area (Å²) in [7, 11) is 0. The Morgan fingerprint density at radius 2 is 2.07 bits per heavy atom. The van der Waals surface area contributed by atoms with Crippen LogP contribution in [0.5, 0.6) is 0 Å². The maximum Gasteiger partial charge on any atom is 0.394 e. The topological polar surface area (TPSA) is 63.4 Å². The van der Waals surface area contributed by atoms with Crippen molar-refractivity contribution >= 4 is 34.8 Å². The summed E-state index contributed by atoms with van der Waals surface area (Å²) in [6.45, 7) is 0.0587. The second-order valence-corrected chi connectivity index (χ2v) is 3.91. The fourth-order valence-electron chi connectivity index (χ4n) is 0.939. The van der Waals surface area contributed by atoms with E-state index in [0.717, 1.165) is 9.13 Å². The molecule has 4 nitrogen and oxygen atoms in total. The molecule has 0 aliphatic heterocycles. The van der Waals surface area contributed by atoms with Gasteiger partial charge >= 0.3 is 5.97 Å². The molecule has 0 aliphatic rings. The van der Waals surface area contributed by atoms with Gasteiger partial charge in [0.05, 0.1) is 0 Å². The molecule has 74 valence electrons. The molecule has 0 radical (unpaired) electrons. The molecule has 1 N–H and O–H groups in total. The molecule has 0 spiro atoms. The van der Waals surface area contributed by atoms with Gasteiger partial charge in [-0.25, -0.2) is 9.53 Å². The van der Waals surface area contributed by atoms with E-state index in [0.29, 0.717) is 11.0 Å². The molecule has 0 bridgehead atoms. The average molecular weight is 305 g/mol. The first-order valence-corrected chi connectivity index (χ1v) is 4.92. The second-order valence-electron chi connectivity index (χ2n) is 2.67. The maximum absolute atomic E-state index is 11.0. The first kappa shape index (κ1) is 11.0. The quantitative estimate of drug-likeness (QED) is 0.302. The number of halogens is 1. The Bertz CT molecular complexity index is 359. The highest BCUT2D eigenvalue weighted by Gasteiger charge is 2.01. The predicted octanol–water partition coefficient (Wildman–Crippen LogP) is 1.46. The van der Waals surface area contributed by atoms with Gasteiger partial charge in [-0.1, -0.05) is 12.1 Å². The Kier molecular flexibility index (Phi) is 3.87. The van der Waals surface area contributed by atoms with Crippen LogP contribution < -0.4 is 0 Å². The van der Waals surface area contributed by atoms with Crippen molar-refractivity contribution in [1.29, 1.82) is 0 Å². The van der Waals surface area contributed by atoms with E-state index in [2.05, 4.69) is 22.6 Å². The maximum atomic E-state index is 11.0. The van der Waals surface area contributed by atoms with E-state index in [-0.39, 0.29) is 6.54 Å². The van der Waals surface area contributed by atoms with E-state index >= 15 is 0 Å². The van der Waals surface area contributed by atoms with Gasteiger partial charge in [-0.15, -0.1) is 0 Å². The minimum atomic E-state index is -1.23. The molecule has 1 aromatic carbocycles. The summed E-state index contributed by atoms with van der Waals surface area (Å²) in [5.74, 6) is -1.23. The standard InChI is InChI=1S/C9H8INO3/c10-8-3-1-7(2-4-8)5-11(14)6-9(12)13/h1-4,6H,5H2,(H,12,13). The third kappa shape index (κ3) is 3.73. The van der Waals surface area contributed by atoms with Gasteiger partial charge in [0.1, 0.15) is 0 Å². The number of carbonyl (C=O) groups is 1. The largest absolute Gasteiger partial charge is 0.623 e. The van der Waals surface area contributed by atoms with Crippen molar-refractivity contribution < 1.29 is 14.6 Å². The smallest absolute Gasteiger partial charge is 0.394 e. The van der Waals surface area contributed by atoms with Crippen LogP contribution >= 0.6 is 22.6 Å². The Balaban J connectivity index is 2.69. The molecule has 0 saturated heterocycles. The van der Waals surface area contributed by atoms with Crippen molar-refractivity contribution in [3.63, 3.8) is 0 Å². The number of hydrogen-bond donors (Lipinski definition) is 1.